The van der Waals surface area contributed by atoms with Crippen LogP contribution in [0.3, 0.4) is 0 Å². The van der Waals surface area contributed by atoms with E-state index >= 15 is 0 Å². The molecule has 2 N–H and O–H groups in total. The van der Waals surface area contributed by atoms with Gasteiger partial charge in [0, 0.05) is 12.6 Å². The van der Waals surface area contributed by atoms with Gasteiger partial charge >= 0.3 is 0 Å². The minimum absolute atomic E-state index is 0.00948. The molecule has 0 amide bonds. The van der Waals surface area contributed by atoms with Gasteiger partial charge in [0.2, 0.25) is 5.88 Å². The highest BCUT2D eigenvalue weighted by Crippen LogP contribution is 2.23. The molecular weight excluding hydrogens is 356 g/mol. The number of nitrogens with zero attached hydrogens (tertiary/aromatic N) is 2. The number of benzene rings is 1. The van der Waals surface area contributed by atoms with Gasteiger partial charge in [-0.05, 0) is 22.0 Å². The molecule has 2 aromatic rings. The molecule has 0 bridgehead atoms. The Kier molecular flexibility index (Phi) is 5.21. The van der Waals surface area contributed by atoms with Crippen molar-refractivity contribution in [1.82, 2.24) is 8.75 Å². The van der Waals surface area contributed by atoms with Crippen LogP contribution in [-0.2, 0) is 0 Å². The normalized spacial score (nSPS) is 12.2. The topological polar surface area (TPSA) is 67.3 Å². The number of aliphatic hydroxyl groups excluding tert-OH is 1. The van der Waals surface area contributed by atoms with Crippen LogP contribution in [-0.4, -0.2) is 33.1 Å². The molecular formula is C11H10BrF2N3O2S. The summed E-state index contributed by atoms with van der Waals surface area (Å²) in [5.74, 6) is -0.891. The Morgan fingerprint density at radius 3 is 2.90 bits per heavy atom. The van der Waals surface area contributed by atoms with Gasteiger partial charge in [0.15, 0.2) is 0 Å². The van der Waals surface area contributed by atoms with E-state index in [1.165, 1.54) is 6.20 Å². The van der Waals surface area contributed by atoms with Gasteiger partial charge in [-0.25, -0.2) is 8.78 Å². The van der Waals surface area contributed by atoms with Crippen molar-refractivity contribution in [1.29, 1.82) is 0 Å². The molecule has 1 heterocycles. The average molecular weight is 366 g/mol. The fraction of sp³-hybridized carbons (Fsp3) is 0.273. The standard InChI is InChI=1S/C11H10BrF2N3O2S/c12-7-1-9(14)10(2-8(7)13)15-3-6(18)5-19-11-4-16-20-17-11/h1-2,4,6,15,18H,3,5H2. The lowest BCUT2D eigenvalue weighted by Crippen LogP contribution is -2.26. The molecule has 20 heavy (non-hydrogen) atoms. The van der Waals surface area contributed by atoms with Crippen molar-refractivity contribution < 1.29 is 18.6 Å². The van der Waals surface area contributed by atoms with Gasteiger partial charge in [-0.1, -0.05) is 0 Å². The summed E-state index contributed by atoms with van der Waals surface area (Å²) in [5.41, 5.74) is -0.0277. The van der Waals surface area contributed by atoms with Crippen molar-refractivity contribution in [2.45, 2.75) is 6.10 Å². The van der Waals surface area contributed by atoms with E-state index in [0.29, 0.717) is 5.88 Å². The van der Waals surface area contributed by atoms with Crippen molar-refractivity contribution in [3.8, 4) is 5.88 Å². The van der Waals surface area contributed by atoms with Crippen LogP contribution in [0.1, 0.15) is 0 Å². The molecule has 0 radical (unpaired) electrons. The lowest BCUT2D eigenvalue weighted by Gasteiger charge is -2.13. The Balaban J connectivity index is 1.84. The molecule has 1 aromatic carbocycles. The third-order valence-electron chi connectivity index (χ3n) is 2.30. The van der Waals surface area contributed by atoms with Crippen LogP contribution >= 0.6 is 27.7 Å². The Bertz CT molecular complexity index is 571. The Labute approximate surface area is 126 Å². The Morgan fingerprint density at radius 2 is 2.20 bits per heavy atom. The summed E-state index contributed by atoms with van der Waals surface area (Å²) in [4.78, 5) is 0. The molecule has 0 saturated heterocycles. The second-order valence-electron chi connectivity index (χ2n) is 3.84. The summed E-state index contributed by atoms with van der Waals surface area (Å²) in [7, 11) is 0. The van der Waals surface area contributed by atoms with E-state index in [-0.39, 0.29) is 23.3 Å². The number of hydrogen-bond donors (Lipinski definition) is 2. The fourth-order valence-corrected chi connectivity index (χ4v) is 2.03. The lowest BCUT2D eigenvalue weighted by molar-refractivity contribution is 0.115. The van der Waals surface area contributed by atoms with Gasteiger partial charge < -0.3 is 15.2 Å². The Morgan fingerprint density at radius 1 is 1.40 bits per heavy atom. The lowest BCUT2D eigenvalue weighted by atomic mass is 10.2. The van der Waals surface area contributed by atoms with Gasteiger partial charge in [-0.15, -0.1) is 4.37 Å². The molecule has 1 unspecified atom stereocenters. The van der Waals surface area contributed by atoms with E-state index in [1.54, 1.807) is 0 Å². The summed E-state index contributed by atoms with van der Waals surface area (Å²) in [6.07, 6.45) is 0.525. The van der Waals surface area contributed by atoms with Crippen LogP contribution in [0.5, 0.6) is 5.88 Å². The van der Waals surface area contributed by atoms with Crippen LogP contribution in [0.15, 0.2) is 22.8 Å². The molecule has 0 aliphatic carbocycles. The van der Waals surface area contributed by atoms with E-state index in [4.69, 9.17) is 4.74 Å². The van der Waals surface area contributed by atoms with Gasteiger partial charge in [0.25, 0.3) is 0 Å². The monoisotopic (exact) mass is 365 g/mol. The molecule has 0 aliphatic rings. The van der Waals surface area contributed by atoms with E-state index in [0.717, 1.165) is 23.9 Å². The summed E-state index contributed by atoms with van der Waals surface area (Å²) in [6, 6.07) is 2.03. The number of ether oxygens (including phenoxy) is 1. The Hall–Kier alpha value is -1.32. The highest BCUT2D eigenvalue weighted by molar-refractivity contribution is 9.10. The van der Waals surface area contributed by atoms with Crippen molar-refractivity contribution in [3.05, 3.63) is 34.4 Å². The maximum atomic E-state index is 13.5. The second-order valence-corrected chi connectivity index (χ2v) is 5.25. The summed E-state index contributed by atoms with van der Waals surface area (Å²) in [5, 5.41) is 12.3. The zero-order valence-corrected chi connectivity index (χ0v) is 12.4. The molecule has 2 rings (SSSR count). The van der Waals surface area contributed by atoms with Crippen molar-refractivity contribution >= 4 is 33.3 Å². The first-order valence-corrected chi connectivity index (χ1v) is 7.05. The molecule has 0 aliphatic heterocycles. The summed E-state index contributed by atoms with van der Waals surface area (Å²) < 4.78 is 39.5. The molecule has 108 valence electrons. The van der Waals surface area contributed by atoms with E-state index < -0.39 is 17.7 Å². The number of aromatic nitrogens is 2. The molecule has 0 saturated carbocycles. The first-order chi connectivity index (χ1) is 9.56. The largest absolute Gasteiger partial charge is 0.473 e. The number of rotatable bonds is 6. The minimum Gasteiger partial charge on any atom is -0.473 e. The molecule has 1 aromatic heterocycles. The maximum absolute atomic E-state index is 13.5. The van der Waals surface area contributed by atoms with Crippen LogP contribution in [0.4, 0.5) is 14.5 Å². The van der Waals surface area contributed by atoms with Crippen molar-refractivity contribution in [2.75, 3.05) is 18.5 Å². The summed E-state index contributed by atoms with van der Waals surface area (Å²) in [6.45, 7) is -0.0192. The molecule has 1 atom stereocenters. The number of hydrogen-bond acceptors (Lipinski definition) is 6. The first-order valence-electron chi connectivity index (χ1n) is 5.53. The second kappa shape index (κ2) is 6.91. The SMILES string of the molecule is OC(CNc1cc(F)c(Br)cc1F)COc1cnsn1. The number of nitrogens with one attached hydrogen (secondary N) is 1. The van der Waals surface area contributed by atoms with Gasteiger partial charge in [-0.3, -0.25) is 0 Å². The quantitative estimate of drug-likeness (QED) is 0.769. The molecule has 0 fully saturated rings. The third-order valence-corrected chi connectivity index (χ3v) is 3.37. The fourth-order valence-electron chi connectivity index (χ4n) is 1.35. The van der Waals surface area contributed by atoms with Gasteiger partial charge in [0.05, 0.1) is 21.9 Å². The van der Waals surface area contributed by atoms with Crippen LogP contribution in [0.25, 0.3) is 0 Å². The predicted octanol–water partition coefficient (Wildman–Crippen LogP) is 2.43. The zero-order chi connectivity index (χ0) is 14.5. The minimum atomic E-state index is -0.900. The molecule has 5 nitrogen and oxygen atoms in total. The number of halogens is 3. The van der Waals surface area contributed by atoms with Crippen LogP contribution in [0, 0.1) is 11.6 Å². The van der Waals surface area contributed by atoms with Crippen molar-refractivity contribution in [2.24, 2.45) is 0 Å². The zero-order valence-electron chi connectivity index (χ0n) is 10.0. The maximum Gasteiger partial charge on any atom is 0.245 e. The van der Waals surface area contributed by atoms with E-state index in [2.05, 4.69) is 30.0 Å². The number of aliphatic hydroxyl groups is 1. The molecule has 9 heteroatoms. The van der Waals surface area contributed by atoms with Crippen LogP contribution in [0.2, 0.25) is 0 Å². The van der Waals surface area contributed by atoms with Crippen molar-refractivity contribution in [3.63, 3.8) is 0 Å². The predicted molar refractivity (Wildman–Crippen MR) is 74.0 cm³/mol. The van der Waals surface area contributed by atoms with E-state index in [1.807, 2.05) is 0 Å². The van der Waals surface area contributed by atoms with E-state index in [9.17, 15) is 13.9 Å². The highest BCUT2D eigenvalue weighted by Gasteiger charge is 2.11. The molecule has 0 spiro atoms. The van der Waals surface area contributed by atoms with Crippen LogP contribution < -0.4 is 10.1 Å². The average Bonchev–Trinajstić information content (AvgIpc) is 2.92. The summed E-state index contributed by atoms with van der Waals surface area (Å²) >= 11 is 3.87. The van der Waals surface area contributed by atoms with Gasteiger partial charge in [0.1, 0.15) is 30.5 Å². The smallest absolute Gasteiger partial charge is 0.245 e. The first kappa shape index (κ1) is 15.1. The number of anilines is 1. The van der Waals surface area contributed by atoms with Gasteiger partial charge in [-0.2, -0.15) is 4.37 Å². The third kappa shape index (κ3) is 4.09. The highest BCUT2D eigenvalue weighted by atomic mass is 79.9.